The number of hydrogen-bond acceptors (Lipinski definition) is 3. The zero-order chi connectivity index (χ0) is 14.3. The lowest BCUT2D eigenvalue weighted by molar-refractivity contribution is 0.0436. The molecule has 108 valence electrons. The zero-order valence-corrected chi connectivity index (χ0v) is 11.0. The monoisotopic (exact) mass is 275 g/mol. The molecule has 5 nitrogen and oxygen atoms in total. The van der Waals surface area contributed by atoms with Gasteiger partial charge in [0.15, 0.2) is 5.96 Å². The first kappa shape index (κ1) is 15.4. The maximum atomic E-state index is 12.1. The number of alkyl halides is 2. The van der Waals surface area contributed by atoms with E-state index < -0.39 is 18.6 Å². The quantitative estimate of drug-likeness (QED) is 0.541. The molecule has 0 radical (unpaired) electrons. The van der Waals surface area contributed by atoms with Crippen LogP contribution < -0.4 is 10.6 Å². The number of furan rings is 1. The van der Waals surface area contributed by atoms with Gasteiger partial charge in [-0.05, 0) is 26.0 Å². The number of hydrogen-bond donors (Lipinski definition) is 3. The molecule has 1 unspecified atom stereocenters. The second-order valence-corrected chi connectivity index (χ2v) is 4.22. The van der Waals surface area contributed by atoms with E-state index in [9.17, 15) is 13.9 Å². The smallest absolute Gasteiger partial charge is 0.255 e. The predicted octanol–water partition coefficient (Wildman–Crippen LogP) is 1.31. The number of nitrogens with zero attached hydrogens (tertiary/aromatic N) is 1. The van der Waals surface area contributed by atoms with Crippen LogP contribution in [0.15, 0.2) is 27.8 Å². The molecule has 3 N–H and O–H groups in total. The van der Waals surface area contributed by atoms with Crippen LogP contribution in [0.25, 0.3) is 0 Å². The molecule has 1 aromatic heterocycles. The van der Waals surface area contributed by atoms with Crippen molar-refractivity contribution in [2.45, 2.75) is 25.9 Å². The van der Waals surface area contributed by atoms with Gasteiger partial charge in [0.1, 0.15) is 11.4 Å². The molecule has 0 aromatic carbocycles. The Balaban J connectivity index is 2.63. The molecule has 0 fully saturated rings. The van der Waals surface area contributed by atoms with Gasteiger partial charge in [0, 0.05) is 6.54 Å². The van der Waals surface area contributed by atoms with Crippen LogP contribution in [-0.4, -0.2) is 37.1 Å². The summed E-state index contributed by atoms with van der Waals surface area (Å²) in [6.45, 7) is 3.42. The molecule has 1 rings (SSSR count). The topological polar surface area (TPSA) is 69.8 Å². The van der Waals surface area contributed by atoms with Crippen LogP contribution in [0.5, 0.6) is 0 Å². The normalized spacial score (nSPS) is 15.4. The molecule has 0 aliphatic heterocycles. The van der Waals surface area contributed by atoms with Crippen molar-refractivity contribution in [3.05, 3.63) is 24.2 Å². The first-order valence-corrected chi connectivity index (χ1v) is 6.02. The summed E-state index contributed by atoms with van der Waals surface area (Å²) in [5.74, 6) is 0.607. The summed E-state index contributed by atoms with van der Waals surface area (Å²) in [6.07, 6.45) is -1.01. The Morgan fingerprint density at radius 3 is 2.79 bits per heavy atom. The summed E-state index contributed by atoms with van der Waals surface area (Å²) in [4.78, 5) is 4.06. The molecular formula is C12H19F2N3O2. The van der Waals surface area contributed by atoms with E-state index in [1.807, 2.05) is 6.92 Å². The molecule has 0 bridgehead atoms. The van der Waals surface area contributed by atoms with E-state index in [1.165, 1.54) is 6.26 Å². The van der Waals surface area contributed by atoms with E-state index in [2.05, 4.69) is 15.6 Å². The molecule has 0 spiro atoms. The lowest BCUT2D eigenvalue weighted by atomic mass is 10.0. The summed E-state index contributed by atoms with van der Waals surface area (Å²) in [7, 11) is 0. The van der Waals surface area contributed by atoms with Gasteiger partial charge in [0.05, 0.1) is 19.4 Å². The van der Waals surface area contributed by atoms with Gasteiger partial charge in [-0.2, -0.15) is 0 Å². The van der Waals surface area contributed by atoms with Gasteiger partial charge in [-0.15, -0.1) is 0 Å². The summed E-state index contributed by atoms with van der Waals surface area (Å²) < 4.78 is 29.4. The zero-order valence-electron chi connectivity index (χ0n) is 11.0. The van der Waals surface area contributed by atoms with Crippen LogP contribution >= 0.6 is 0 Å². The first-order chi connectivity index (χ1) is 8.95. The molecule has 7 heteroatoms. The number of rotatable bonds is 6. The van der Waals surface area contributed by atoms with Gasteiger partial charge in [0.2, 0.25) is 0 Å². The van der Waals surface area contributed by atoms with E-state index in [0.717, 1.165) is 0 Å². The minimum atomic E-state index is -2.46. The van der Waals surface area contributed by atoms with Gasteiger partial charge < -0.3 is 20.2 Å². The van der Waals surface area contributed by atoms with Crippen LogP contribution in [0.2, 0.25) is 0 Å². The molecule has 0 aliphatic rings. The maximum absolute atomic E-state index is 12.1. The van der Waals surface area contributed by atoms with E-state index in [1.54, 1.807) is 19.1 Å². The lowest BCUT2D eigenvalue weighted by Crippen LogP contribution is -2.40. The Morgan fingerprint density at radius 2 is 2.26 bits per heavy atom. The Labute approximate surface area is 110 Å². The van der Waals surface area contributed by atoms with Gasteiger partial charge in [-0.3, -0.25) is 0 Å². The second-order valence-electron chi connectivity index (χ2n) is 4.22. The molecule has 0 saturated heterocycles. The summed E-state index contributed by atoms with van der Waals surface area (Å²) in [5, 5.41) is 15.5. The van der Waals surface area contributed by atoms with E-state index >= 15 is 0 Å². The lowest BCUT2D eigenvalue weighted by Gasteiger charge is -2.19. The van der Waals surface area contributed by atoms with Crippen molar-refractivity contribution in [2.24, 2.45) is 4.99 Å². The average Bonchev–Trinajstić information content (AvgIpc) is 2.87. The van der Waals surface area contributed by atoms with Crippen molar-refractivity contribution in [3.8, 4) is 0 Å². The fourth-order valence-electron chi connectivity index (χ4n) is 1.41. The van der Waals surface area contributed by atoms with Gasteiger partial charge >= 0.3 is 0 Å². The average molecular weight is 275 g/mol. The van der Waals surface area contributed by atoms with E-state index in [-0.39, 0.29) is 12.5 Å². The van der Waals surface area contributed by atoms with Crippen LogP contribution in [0.1, 0.15) is 19.6 Å². The van der Waals surface area contributed by atoms with E-state index in [4.69, 9.17) is 4.42 Å². The summed E-state index contributed by atoms with van der Waals surface area (Å²) in [6, 6.07) is 3.29. The van der Waals surface area contributed by atoms with Crippen LogP contribution in [0.3, 0.4) is 0 Å². The SMILES string of the molecule is CCNC(=NCC(C)(O)c1ccco1)NCC(F)F. The van der Waals surface area contributed by atoms with Crippen molar-refractivity contribution >= 4 is 5.96 Å². The molecule has 0 aliphatic carbocycles. The molecule has 1 aromatic rings. The van der Waals surface area contributed by atoms with Gasteiger partial charge in [-0.25, -0.2) is 13.8 Å². The largest absolute Gasteiger partial charge is 0.466 e. The molecule has 1 heterocycles. The number of guanidine groups is 1. The fourth-order valence-corrected chi connectivity index (χ4v) is 1.41. The van der Waals surface area contributed by atoms with Crippen molar-refractivity contribution < 1.29 is 18.3 Å². The predicted molar refractivity (Wildman–Crippen MR) is 68.3 cm³/mol. The number of nitrogens with one attached hydrogen (secondary N) is 2. The highest BCUT2D eigenvalue weighted by Gasteiger charge is 2.26. The summed E-state index contributed by atoms with van der Waals surface area (Å²) in [5.41, 5.74) is -1.28. The van der Waals surface area contributed by atoms with Gasteiger partial charge in [0.25, 0.3) is 6.43 Å². The minimum absolute atomic E-state index is 0.000908. The van der Waals surface area contributed by atoms with Crippen molar-refractivity contribution in [1.29, 1.82) is 0 Å². The van der Waals surface area contributed by atoms with Gasteiger partial charge in [-0.1, -0.05) is 0 Å². The van der Waals surface area contributed by atoms with Crippen LogP contribution in [-0.2, 0) is 5.60 Å². The van der Waals surface area contributed by atoms with E-state index in [0.29, 0.717) is 12.3 Å². The highest BCUT2D eigenvalue weighted by Crippen LogP contribution is 2.20. The second kappa shape index (κ2) is 7.08. The Kier molecular flexibility index (Phi) is 5.75. The maximum Gasteiger partial charge on any atom is 0.255 e. The van der Waals surface area contributed by atoms with Crippen molar-refractivity contribution in [3.63, 3.8) is 0 Å². The van der Waals surface area contributed by atoms with Crippen molar-refractivity contribution in [2.75, 3.05) is 19.6 Å². The standard InChI is InChI=1S/C12H19F2N3O2/c1-3-15-11(16-7-10(13)14)17-8-12(2,18)9-5-4-6-19-9/h4-6,10,18H,3,7-8H2,1-2H3,(H2,15,16,17). The Bertz CT molecular complexity index is 392. The highest BCUT2D eigenvalue weighted by molar-refractivity contribution is 5.79. The first-order valence-electron chi connectivity index (χ1n) is 6.02. The molecule has 0 saturated carbocycles. The van der Waals surface area contributed by atoms with Crippen LogP contribution in [0.4, 0.5) is 8.78 Å². The highest BCUT2D eigenvalue weighted by atomic mass is 19.3. The molecule has 0 amide bonds. The Hall–Kier alpha value is -1.63. The van der Waals surface area contributed by atoms with Crippen molar-refractivity contribution in [1.82, 2.24) is 10.6 Å². The third-order valence-electron chi connectivity index (χ3n) is 2.37. The fraction of sp³-hybridized carbons (Fsp3) is 0.583. The number of aliphatic hydroxyl groups is 1. The number of aliphatic imine (C=N–C) groups is 1. The third-order valence-corrected chi connectivity index (χ3v) is 2.37. The minimum Gasteiger partial charge on any atom is -0.466 e. The summed E-state index contributed by atoms with van der Waals surface area (Å²) >= 11 is 0. The molecule has 1 atom stereocenters. The van der Waals surface area contributed by atoms with Crippen LogP contribution in [0, 0.1) is 0 Å². The molecular weight excluding hydrogens is 256 g/mol. The third kappa shape index (κ3) is 5.25. The Morgan fingerprint density at radius 1 is 1.53 bits per heavy atom. The molecule has 19 heavy (non-hydrogen) atoms. The number of halogens is 2.